The van der Waals surface area contributed by atoms with Crippen molar-refractivity contribution in [1.82, 2.24) is 20.1 Å². The Morgan fingerprint density at radius 3 is 2.47 bits per heavy atom. The minimum Gasteiger partial charge on any atom is -0.317 e. The summed E-state index contributed by atoms with van der Waals surface area (Å²) >= 11 is 5.85. The highest BCUT2D eigenvalue weighted by Gasteiger charge is 2.08. The van der Waals surface area contributed by atoms with Gasteiger partial charge in [-0.15, -0.1) is 10.2 Å². The van der Waals surface area contributed by atoms with Crippen LogP contribution in [0.15, 0.2) is 24.3 Å². The summed E-state index contributed by atoms with van der Waals surface area (Å²) in [5.41, 5.74) is 1.18. The molecule has 0 bridgehead atoms. The van der Waals surface area contributed by atoms with Gasteiger partial charge in [-0.2, -0.15) is 0 Å². The lowest BCUT2D eigenvalue weighted by molar-refractivity contribution is 0.695. The van der Waals surface area contributed by atoms with Crippen molar-refractivity contribution in [2.75, 3.05) is 7.05 Å². The number of halogens is 1. The van der Waals surface area contributed by atoms with E-state index >= 15 is 0 Å². The van der Waals surface area contributed by atoms with E-state index < -0.39 is 0 Å². The molecule has 0 fully saturated rings. The van der Waals surface area contributed by atoms with E-state index in [9.17, 15) is 0 Å². The van der Waals surface area contributed by atoms with Crippen LogP contribution in [0.1, 0.15) is 17.2 Å². The lowest BCUT2D eigenvalue weighted by Crippen LogP contribution is -2.11. The molecule has 0 aliphatic heterocycles. The summed E-state index contributed by atoms with van der Waals surface area (Å²) in [6.07, 6.45) is 0.768. The van der Waals surface area contributed by atoms with E-state index in [1.807, 2.05) is 42.9 Å². The van der Waals surface area contributed by atoms with Crippen LogP contribution < -0.4 is 5.32 Å². The van der Waals surface area contributed by atoms with E-state index in [1.54, 1.807) is 0 Å². The van der Waals surface area contributed by atoms with E-state index in [2.05, 4.69) is 15.5 Å². The fraction of sp³-hybridized carbons (Fsp3) is 0.333. The van der Waals surface area contributed by atoms with Crippen LogP contribution >= 0.6 is 11.6 Å². The van der Waals surface area contributed by atoms with Crippen LogP contribution in [0.4, 0.5) is 0 Å². The van der Waals surface area contributed by atoms with Crippen LogP contribution in [-0.4, -0.2) is 21.8 Å². The number of aromatic nitrogens is 3. The van der Waals surface area contributed by atoms with Crippen LogP contribution in [0.25, 0.3) is 0 Å². The Balaban J connectivity index is 2.16. The number of rotatable bonds is 4. The van der Waals surface area contributed by atoms with Crippen molar-refractivity contribution in [1.29, 1.82) is 0 Å². The molecule has 0 saturated heterocycles. The number of hydrogen-bond donors (Lipinski definition) is 1. The van der Waals surface area contributed by atoms with Crippen molar-refractivity contribution in [2.45, 2.75) is 13.0 Å². The summed E-state index contributed by atoms with van der Waals surface area (Å²) in [6.45, 7) is 0.726. The Hall–Kier alpha value is -1.39. The number of hydrogen-bond acceptors (Lipinski definition) is 3. The van der Waals surface area contributed by atoms with Gasteiger partial charge in [0.15, 0.2) is 0 Å². The van der Waals surface area contributed by atoms with Gasteiger partial charge in [0.05, 0.1) is 6.54 Å². The first kappa shape index (κ1) is 12.1. The highest BCUT2D eigenvalue weighted by Crippen LogP contribution is 2.12. The van der Waals surface area contributed by atoms with E-state index in [0.29, 0.717) is 0 Å². The maximum atomic E-state index is 5.85. The molecule has 0 radical (unpaired) electrons. The normalized spacial score (nSPS) is 10.8. The Bertz CT molecular complexity index is 490. The molecule has 0 aliphatic rings. The largest absolute Gasteiger partial charge is 0.317 e. The van der Waals surface area contributed by atoms with Crippen molar-refractivity contribution in [2.24, 2.45) is 7.05 Å². The second kappa shape index (κ2) is 5.29. The summed E-state index contributed by atoms with van der Waals surface area (Å²) in [5, 5.41) is 12.2. The molecule has 1 heterocycles. The monoisotopic (exact) mass is 250 g/mol. The standard InChI is InChI=1S/C12H15ClN4/c1-14-8-12-16-15-11(17(12)2)7-9-3-5-10(13)6-4-9/h3-6,14H,7-8H2,1-2H3. The molecule has 0 atom stereocenters. The summed E-state index contributed by atoms with van der Waals surface area (Å²) in [6, 6.07) is 7.80. The second-order valence-electron chi connectivity index (χ2n) is 3.93. The Morgan fingerprint density at radius 2 is 1.82 bits per heavy atom. The molecule has 5 heteroatoms. The Kier molecular flexibility index (Phi) is 3.76. The first-order valence-corrected chi connectivity index (χ1v) is 5.84. The van der Waals surface area contributed by atoms with Crippen molar-refractivity contribution in [3.05, 3.63) is 46.5 Å². The van der Waals surface area contributed by atoms with Gasteiger partial charge in [0.25, 0.3) is 0 Å². The molecule has 1 aromatic heterocycles. The quantitative estimate of drug-likeness (QED) is 0.900. The third kappa shape index (κ3) is 2.84. The summed E-state index contributed by atoms with van der Waals surface area (Å²) in [4.78, 5) is 0. The number of nitrogens with one attached hydrogen (secondary N) is 1. The summed E-state index contributed by atoms with van der Waals surface area (Å²) in [5.74, 6) is 1.90. The molecule has 1 N–H and O–H groups in total. The molecule has 4 nitrogen and oxygen atoms in total. The zero-order chi connectivity index (χ0) is 12.3. The first-order chi connectivity index (χ1) is 8.20. The Labute approximate surface area is 106 Å². The maximum Gasteiger partial charge on any atom is 0.146 e. The molecular formula is C12H15ClN4. The molecule has 0 aliphatic carbocycles. The smallest absolute Gasteiger partial charge is 0.146 e. The van der Waals surface area contributed by atoms with Gasteiger partial charge >= 0.3 is 0 Å². The minimum atomic E-state index is 0.726. The van der Waals surface area contributed by atoms with Crippen LogP contribution in [-0.2, 0) is 20.0 Å². The van der Waals surface area contributed by atoms with Gasteiger partial charge in [0.2, 0.25) is 0 Å². The van der Waals surface area contributed by atoms with Crippen molar-refractivity contribution in [3.8, 4) is 0 Å². The van der Waals surface area contributed by atoms with E-state index in [4.69, 9.17) is 11.6 Å². The molecule has 0 saturated carbocycles. The Morgan fingerprint density at radius 1 is 1.18 bits per heavy atom. The molecule has 0 spiro atoms. The summed E-state index contributed by atoms with van der Waals surface area (Å²) < 4.78 is 2.02. The molecule has 0 unspecified atom stereocenters. The van der Waals surface area contributed by atoms with Gasteiger partial charge in [-0.1, -0.05) is 23.7 Å². The fourth-order valence-electron chi connectivity index (χ4n) is 1.65. The van der Waals surface area contributed by atoms with Gasteiger partial charge in [-0.3, -0.25) is 0 Å². The third-order valence-electron chi connectivity index (χ3n) is 2.67. The first-order valence-electron chi connectivity index (χ1n) is 5.47. The van der Waals surface area contributed by atoms with Gasteiger partial charge in [-0.25, -0.2) is 0 Å². The third-order valence-corrected chi connectivity index (χ3v) is 2.92. The van der Waals surface area contributed by atoms with Crippen LogP contribution in [0.5, 0.6) is 0 Å². The number of nitrogens with zero attached hydrogens (tertiary/aromatic N) is 3. The molecule has 0 amide bonds. The predicted octanol–water partition coefficient (Wildman–Crippen LogP) is 1.78. The molecule has 2 rings (SSSR count). The molecular weight excluding hydrogens is 236 g/mol. The SMILES string of the molecule is CNCc1nnc(Cc2ccc(Cl)cc2)n1C. The lowest BCUT2D eigenvalue weighted by atomic mass is 10.1. The molecule has 2 aromatic rings. The van der Waals surface area contributed by atoms with Crippen molar-refractivity contribution < 1.29 is 0 Å². The topological polar surface area (TPSA) is 42.7 Å². The zero-order valence-electron chi connectivity index (χ0n) is 9.94. The van der Waals surface area contributed by atoms with E-state index in [-0.39, 0.29) is 0 Å². The molecule has 90 valence electrons. The lowest BCUT2D eigenvalue weighted by Gasteiger charge is -2.03. The molecule has 1 aromatic carbocycles. The van der Waals surface area contributed by atoms with Gasteiger partial charge in [0.1, 0.15) is 11.6 Å². The average Bonchev–Trinajstić information content (AvgIpc) is 2.65. The van der Waals surface area contributed by atoms with Crippen LogP contribution in [0.2, 0.25) is 5.02 Å². The van der Waals surface area contributed by atoms with Gasteiger partial charge in [-0.05, 0) is 24.7 Å². The highest BCUT2D eigenvalue weighted by atomic mass is 35.5. The van der Waals surface area contributed by atoms with Crippen molar-refractivity contribution >= 4 is 11.6 Å². The number of benzene rings is 1. The zero-order valence-corrected chi connectivity index (χ0v) is 10.7. The van der Waals surface area contributed by atoms with Crippen LogP contribution in [0, 0.1) is 0 Å². The maximum absolute atomic E-state index is 5.85. The van der Waals surface area contributed by atoms with E-state index in [1.165, 1.54) is 5.56 Å². The highest BCUT2D eigenvalue weighted by molar-refractivity contribution is 6.30. The van der Waals surface area contributed by atoms with Gasteiger partial charge < -0.3 is 9.88 Å². The fourth-order valence-corrected chi connectivity index (χ4v) is 1.78. The molecule has 17 heavy (non-hydrogen) atoms. The predicted molar refractivity (Wildman–Crippen MR) is 68.0 cm³/mol. The van der Waals surface area contributed by atoms with E-state index in [0.717, 1.165) is 29.6 Å². The van der Waals surface area contributed by atoms with Crippen LogP contribution in [0.3, 0.4) is 0 Å². The second-order valence-corrected chi connectivity index (χ2v) is 4.36. The van der Waals surface area contributed by atoms with Crippen molar-refractivity contribution in [3.63, 3.8) is 0 Å². The minimum absolute atomic E-state index is 0.726. The van der Waals surface area contributed by atoms with Gasteiger partial charge in [0, 0.05) is 18.5 Å². The average molecular weight is 251 g/mol. The summed E-state index contributed by atoms with van der Waals surface area (Å²) in [7, 11) is 3.88.